The highest BCUT2D eigenvalue weighted by molar-refractivity contribution is 5.92. The maximum Gasteiger partial charge on any atom is 0.337 e. The Balaban J connectivity index is 1.86. The lowest BCUT2D eigenvalue weighted by molar-refractivity contribution is -0.0596. The van der Waals surface area contributed by atoms with Gasteiger partial charge >= 0.3 is 5.97 Å². The van der Waals surface area contributed by atoms with Gasteiger partial charge in [0.2, 0.25) is 0 Å². The number of fused-ring (bicyclic) bond motifs is 1. The van der Waals surface area contributed by atoms with E-state index in [1.165, 1.54) is 6.20 Å². The zero-order chi connectivity index (χ0) is 18.7. The molecular weight excluding hydrogens is 335 g/mol. The number of nitriles is 1. The normalized spacial score (nSPS) is 23.5. The van der Waals surface area contributed by atoms with Crippen molar-refractivity contribution in [2.75, 3.05) is 6.61 Å². The van der Waals surface area contributed by atoms with Crippen molar-refractivity contribution in [2.45, 2.75) is 56.5 Å². The number of carbonyl (C=O) groups is 1. The van der Waals surface area contributed by atoms with Gasteiger partial charge in [0.05, 0.1) is 28.3 Å². The monoisotopic (exact) mass is 356 g/mol. The van der Waals surface area contributed by atoms with E-state index in [1.807, 2.05) is 13.8 Å². The smallest absolute Gasteiger partial charge is 0.337 e. The van der Waals surface area contributed by atoms with Crippen LogP contribution in [0.15, 0.2) is 18.3 Å². The van der Waals surface area contributed by atoms with Gasteiger partial charge in [0.1, 0.15) is 5.82 Å². The largest absolute Gasteiger partial charge is 0.478 e. The van der Waals surface area contributed by atoms with E-state index in [1.54, 1.807) is 16.5 Å². The molecule has 0 amide bonds. The molecule has 1 aliphatic heterocycles. The molecular formula is C20H21FN2O3. The van der Waals surface area contributed by atoms with Crippen LogP contribution >= 0.6 is 0 Å². The van der Waals surface area contributed by atoms with Crippen LogP contribution in [0, 0.1) is 17.1 Å². The van der Waals surface area contributed by atoms with Gasteiger partial charge < -0.3 is 14.2 Å². The molecule has 2 aliphatic rings. The first-order chi connectivity index (χ1) is 12.3. The molecule has 1 atom stereocenters. The van der Waals surface area contributed by atoms with Gasteiger partial charge in [0.25, 0.3) is 0 Å². The van der Waals surface area contributed by atoms with Crippen molar-refractivity contribution in [3.63, 3.8) is 0 Å². The molecule has 1 aliphatic carbocycles. The van der Waals surface area contributed by atoms with Crippen LogP contribution in [-0.4, -0.2) is 27.7 Å². The van der Waals surface area contributed by atoms with Crippen molar-refractivity contribution >= 4 is 11.5 Å². The van der Waals surface area contributed by atoms with E-state index in [2.05, 4.69) is 6.07 Å². The third kappa shape index (κ3) is 2.58. The highest BCUT2D eigenvalue weighted by Gasteiger charge is 2.49. The van der Waals surface area contributed by atoms with Crippen LogP contribution < -0.4 is 0 Å². The van der Waals surface area contributed by atoms with Gasteiger partial charge in [-0.25, -0.2) is 9.18 Å². The summed E-state index contributed by atoms with van der Waals surface area (Å²) in [6.07, 6.45) is 4.01. The second-order valence-corrected chi connectivity index (χ2v) is 8.08. The summed E-state index contributed by atoms with van der Waals surface area (Å²) in [5.74, 6) is -1.41. The summed E-state index contributed by atoms with van der Waals surface area (Å²) in [5, 5.41) is 19.1. The molecule has 0 radical (unpaired) electrons. The van der Waals surface area contributed by atoms with Crippen LogP contribution in [0.5, 0.6) is 0 Å². The fraction of sp³-hybridized carbons (Fsp3) is 0.500. The van der Waals surface area contributed by atoms with Gasteiger partial charge in [-0.05, 0) is 63.1 Å². The van der Waals surface area contributed by atoms with Gasteiger partial charge in [-0.2, -0.15) is 5.26 Å². The maximum absolute atomic E-state index is 15.0. The molecule has 0 unspecified atom stereocenters. The third-order valence-electron chi connectivity index (χ3n) is 5.67. The van der Waals surface area contributed by atoms with Crippen molar-refractivity contribution in [1.29, 1.82) is 5.26 Å². The minimum atomic E-state index is -1.08. The van der Waals surface area contributed by atoms with E-state index < -0.39 is 11.4 Å². The summed E-state index contributed by atoms with van der Waals surface area (Å²) >= 11 is 0. The fourth-order valence-electron chi connectivity index (χ4n) is 4.20. The summed E-state index contributed by atoms with van der Waals surface area (Å²) in [4.78, 5) is 11.7. The van der Waals surface area contributed by atoms with E-state index in [0.717, 1.165) is 6.42 Å². The number of ether oxygens (including phenoxy) is 1. The Morgan fingerprint density at radius 2 is 2.15 bits per heavy atom. The molecule has 0 spiro atoms. The molecule has 6 heteroatoms. The SMILES string of the molecule is CC1(C)C[C@H](c2cc3cc(C(=O)O)c(C4(C#N)CC4)n3cc2F)CCO1. The molecule has 5 nitrogen and oxygen atoms in total. The molecule has 136 valence electrons. The number of halogens is 1. The number of carboxylic acids is 1. The Morgan fingerprint density at radius 1 is 1.42 bits per heavy atom. The van der Waals surface area contributed by atoms with Crippen LogP contribution in [0.25, 0.3) is 5.52 Å². The zero-order valence-corrected chi connectivity index (χ0v) is 14.9. The van der Waals surface area contributed by atoms with Crippen LogP contribution in [0.3, 0.4) is 0 Å². The second kappa shape index (κ2) is 5.55. The quantitative estimate of drug-likeness (QED) is 0.902. The average Bonchev–Trinajstić information content (AvgIpc) is 3.27. The number of pyridine rings is 1. The number of rotatable bonds is 3. The van der Waals surface area contributed by atoms with Crippen molar-refractivity contribution in [2.24, 2.45) is 0 Å². The molecule has 4 rings (SSSR count). The number of aromatic carboxylic acids is 1. The minimum Gasteiger partial charge on any atom is -0.478 e. The predicted molar refractivity (Wildman–Crippen MR) is 92.8 cm³/mol. The first kappa shape index (κ1) is 17.0. The van der Waals surface area contributed by atoms with E-state index in [0.29, 0.717) is 42.6 Å². The summed E-state index contributed by atoms with van der Waals surface area (Å²) in [6.45, 7) is 4.57. The summed E-state index contributed by atoms with van der Waals surface area (Å²) in [5.41, 5.74) is 0.596. The molecule has 1 saturated heterocycles. The summed E-state index contributed by atoms with van der Waals surface area (Å²) in [6, 6.07) is 5.53. The first-order valence-electron chi connectivity index (χ1n) is 8.90. The van der Waals surface area contributed by atoms with Crippen molar-refractivity contribution in [3.8, 4) is 6.07 Å². The van der Waals surface area contributed by atoms with E-state index in [-0.39, 0.29) is 22.9 Å². The molecule has 2 fully saturated rings. The Bertz CT molecular complexity index is 950. The van der Waals surface area contributed by atoms with Crippen molar-refractivity contribution < 1.29 is 19.0 Å². The molecule has 26 heavy (non-hydrogen) atoms. The minimum absolute atomic E-state index is 0.0289. The predicted octanol–water partition coefficient (Wildman–Crippen LogP) is 4.00. The number of carboxylic acid groups (broad SMARTS) is 1. The van der Waals surface area contributed by atoms with E-state index in [9.17, 15) is 19.6 Å². The number of hydrogen-bond acceptors (Lipinski definition) is 3. The van der Waals surface area contributed by atoms with E-state index in [4.69, 9.17) is 4.74 Å². The van der Waals surface area contributed by atoms with Crippen LogP contribution in [-0.2, 0) is 10.2 Å². The highest BCUT2D eigenvalue weighted by atomic mass is 19.1. The van der Waals surface area contributed by atoms with Crippen molar-refractivity contribution in [1.82, 2.24) is 4.40 Å². The lowest BCUT2D eigenvalue weighted by Gasteiger charge is -2.35. The van der Waals surface area contributed by atoms with Gasteiger partial charge in [0, 0.05) is 18.3 Å². The van der Waals surface area contributed by atoms with Crippen molar-refractivity contribution in [3.05, 3.63) is 41.0 Å². The number of hydrogen-bond donors (Lipinski definition) is 1. The average molecular weight is 356 g/mol. The Hall–Kier alpha value is -2.39. The number of nitrogens with zero attached hydrogens (tertiary/aromatic N) is 2. The second-order valence-electron chi connectivity index (χ2n) is 8.08. The highest BCUT2D eigenvalue weighted by Crippen LogP contribution is 2.50. The third-order valence-corrected chi connectivity index (χ3v) is 5.67. The fourth-order valence-corrected chi connectivity index (χ4v) is 4.20. The van der Waals surface area contributed by atoms with Crippen LogP contribution in [0.4, 0.5) is 4.39 Å². The first-order valence-corrected chi connectivity index (χ1v) is 8.90. The molecule has 0 bridgehead atoms. The summed E-state index contributed by atoms with van der Waals surface area (Å²) < 4.78 is 22.3. The maximum atomic E-state index is 15.0. The molecule has 0 aromatic carbocycles. The Labute approximate surface area is 151 Å². The van der Waals surface area contributed by atoms with Gasteiger partial charge in [-0.1, -0.05) is 0 Å². The van der Waals surface area contributed by atoms with Crippen LogP contribution in [0.2, 0.25) is 0 Å². The molecule has 1 N–H and O–H groups in total. The zero-order valence-electron chi connectivity index (χ0n) is 14.9. The Morgan fingerprint density at radius 3 is 2.73 bits per heavy atom. The van der Waals surface area contributed by atoms with Crippen LogP contribution in [0.1, 0.15) is 67.1 Å². The topological polar surface area (TPSA) is 74.7 Å². The number of aromatic nitrogens is 1. The molecule has 2 aromatic heterocycles. The molecule has 3 heterocycles. The lowest BCUT2D eigenvalue weighted by atomic mass is 9.83. The summed E-state index contributed by atoms with van der Waals surface area (Å²) in [7, 11) is 0. The lowest BCUT2D eigenvalue weighted by Crippen LogP contribution is -2.33. The van der Waals surface area contributed by atoms with Gasteiger partial charge in [-0.3, -0.25) is 0 Å². The van der Waals surface area contributed by atoms with Gasteiger partial charge in [-0.15, -0.1) is 0 Å². The standard InChI is InChI=1S/C20H21FN2O3/c1-19(2)9-12(3-6-26-19)14-7-13-8-15(18(24)25)17(20(11-22)4-5-20)23(13)10-16(14)21/h7-8,10,12H,3-6,9H2,1-2H3,(H,24,25)/t12-/m1/s1. The Kier molecular flexibility index (Phi) is 3.64. The molecule has 1 saturated carbocycles. The van der Waals surface area contributed by atoms with Gasteiger partial charge in [0.15, 0.2) is 0 Å². The van der Waals surface area contributed by atoms with E-state index >= 15 is 0 Å². The molecule has 2 aromatic rings.